The number of rotatable bonds is 2. The third kappa shape index (κ3) is 1.50. The van der Waals surface area contributed by atoms with Crippen LogP contribution in [0, 0.1) is 0 Å². The van der Waals surface area contributed by atoms with Crippen LogP contribution in [0.1, 0.15) is 43.4 Å². The van der Waals surface area contributed by atoms with E-state index in [1.807, 2.05) is 18.2 Å². The van der Waals surface area contributed by atoms with Gasteiger partial charge in [-0.1, -0.05) is 32.0 Å². The summed E-state index contributed by atoms with van der Waals surface area (Å²) < 4.78 is 0. The number of nitrogens with one attached hydrogen (secondary N) is 1. The van der Waals surface area contributed by atoms with Gasteiger partial charge >= 0.3 is 0 Å². The number of hydrogen-bond acceptors (Lipinski definition) is 2. The molecule has 1 aliphatic rings. The van der Waals surface area contributed by atoms with E-state index in [0.29, 0.717) is 17.7 Å². The minimum Gasteiger partial charge on any atom is -0.507 e. The van der Waals surface area contributed by atoms with Gasteiger partial charge in [-0.05, 0) is 24.4 Å². The lowest BCUT2D eigenvalue weighted by atomic mass is 9.92. The maximum atomic E-state index is 10.1. The molecule has 0 aliphatic carbocycles. The smallest absolute Gasteiger partial charge is 0.123 e. The topological polar surface area (TPSA) is 32.3 Å². The van der Waals surface area contributed by atoms with Crippen LogP contribution in [0.25, 0.3) is 0 Å². The number of benzene rings is 1. The van der Waals surface area contributed by atoms with Crippen LogP contribution in [-0.2, 0) is 0 Å². The van der Waals surface area contributed by atoms with Gasteiger partial charge in [0.2, 0.25) is 0 Å². The van der Waals surface area contributed by atoms with E-state index in [2.05, 4.69) is 19.2 Å². The fourth-order valence-electron chi connectivity index (χ4n) is 1.88. The summed E-state index contributed by atoms with van der Waals surface area (Å²) in [4.78, 5) is 0. The van der Waals surface area contributed by atoms with E-state index in [-0.39, 0.29) is 0 Å². The summed E-state index contributed by atoms with van der Waals surface area (Å²) in [7, 11) is 0. The molecule has 1 atom stereocenters. The molecule has 1 heterocycles. The Morgan fingerprint density at radius 2 is 2.14 bits per heavy atom. The fraction of sp³-hybridized carbons (Fsp3) is 0.500. The summed E-state index contributed by atoms with van der Waals surface area (Å²) in [6, 6.07) is 6.42. The monoisotopic (exact) mass is 191 g/mol. The van der Waals surface area contributed by atoms with E-state index < -0.39 is 0 Å². The summed E-state index contributed by atoms with van der Waals surface area (Å²) in [5.74, 6) is 0.870. The Morgan fingerprint density at radius 1 is 1.43 bits per heavy atom. The molecule has 1 saturated heterocycles. The van der Waals surface area contributed by atoms with Crippen molar-refractivity contribution in [2.45, 2.75) is 32.2 Å². The van der Waals surface area contributed by atoms with Crippen LogP contribution in [0.3, 0.4) is 0 Å². The lowest BCUT2D eigenvalue weighted by molar-refractivity contribution is 0.362. The predicted molar refractivity (Wildman–Crippen MR) is 57.6 cm³/mol. The molecule has 1 fully saturated rings. The number of hydrogen-bond donors (Lipinski definition) is 2. The molecule has 14 heavy (non-hydrogen) atoms. The molecule has 2 nitrogen and oxygen atoms in total. The molecule has 0 amide bonds. The normalized spacial score (nSPS) is 20.9. The highest BCUT2D eigenvalue weighted by Gasteiger charge is 2.22. The molecule has 0 saturated carbocycles. The first-order chi connectivity index (χ1) is 6.70. The average Bonchev–Trinajstić information content (AvgIpc) is 2.04. The zero-order valence-electron chi connectivity index (χ0n) is 8.75. The molecule has 2 rings (SSSR count). The summed E-state index contributed by atoms with van der Waals surface area (Å²) in [5.41, 5.74) is 2.11. The highest BCUT2D eigenvalue weighted by Crippen LogP contribution is 2.35. The van der Waals surface area contributed by atoms with E-state index in [4.69, 9.17) is 0 Å². The van der Waals surface area contributed by atoms with Crippen LogP contribution in [0.5, 0.6) is 5.75 Å². The van der Waals surface area contributed by atoms with Gasteiger partial charge in [-0.3, -0.25) is 0 Å². The summed E-state index contributed by atoms with van der Waals surface area (Å²) >= 11 is 0. The average molecular weight is 191 g/mol. The second-order valence-electron chi connectivity index (χ2n) is 4.24. The zero-order chi connectivity index (χ0) is 10.1. The first kappa shape index (κ1) is 9.53. The molecule has 2 heteroatoms. The SMILES string of the molecule is CC(C)c1cccc([C@@H]2CCN2)c1O. The number of phenolic OH excluding ortho intramolecular Hbond substituents is 1. The third-order valence-corrected chi connectivity index (χ3v) is 2.92. The second-order valence-corrected chi connectivity index (χ2v) is 4.24. The molecule has 0 aromatic heterocycles. The maximum Gasteiger partial charge on any atom is 0.123 e. The standard InChI is InChI=1S/C12H17NO/c1-8(2)9-4-3-5-10(12(9)14)11-6-7-13-11/h3-5,8,11,13-14H,6-7H2,1-2H3/t11-/m0/s1. The molecule has 1 aromatic carbocycles. The Balaban J connectivity index is 2.35. The third-order valence-electron chi connectivity index (χ3n) is 2.92. The van der Waals surface area contributed by atoms with Crippen molar-refractivity contribution < 1.29 is 5.11 Å². The van der Waals surface area contributed by atoms with Gasteiger partial charge < -0.3 is 10.4 Å². The van der Waals surface area contributed by atoms with Crippen molar-refractivity contribution in [1.29, 1.82) is 0 Å². The summed E-state index contributed by atoms with van der Waals surface area (Å²) in [6.45, 7) is 5.27. The molecule has 1 aromatic rings. The highest BCUT2D eigenvalue weighted by atomic mass is 16.3. The van der Waals surface area contributed by atoms with E-state index in [1.165, 1.54) is 0 Å². The van der Waals surface area contributed by atoms with E-state index in [9.17, 15) is 5.11 Å². The van der Waals surface area contributed by atoms with Crippen LogP contribution in [-0.4, -0.2) is 11.7 Å². The van der Waals surface area contributed by atoms with Gasteiger partial charge in [0, 0.05) is 11.6 Å². The molecule has 0 radical (unpaired) electrons. The Labute approximate surface area is 85.0 Å². The van der Waals surface area contributed by atoms with Gasteiger partial charge in [0.1, 0.15) is 5.75 Å². The predicted octanol–water partition coefficient (Wildman–Crippen LogP) is 2.55. The van der Waals surface area contributed by atoms with Crippen LogP contribution in [0.15, 0.2) is 18.2 Å². The minimum atomic E-state index is 0.369. The molecule has 2 N–H and O–H groups in total. The van der Waals surface area contributed by atoms with Gasteiger partial charge in [-0.2, -0.15) is 0 Å². The quantitative estimate of drug-likeness (QED) is 0.753. The van der Waals surface area contributed by atoms with Crippen LogP contribution >= 0.6 is 0 Å². The second kappa shape index (κ2) is 3.62. The largest absolute Gasteiger partial charge is 0.507 e. The molecule has 1 aliphatic heterocycles. The summed E-state index contributed by atoms with van der Waals surface area (Å²) in [6.07, 6.45) is 1.13. The number of para-hydroxylation sites is 1. The first-order valence-corrected chi connectivity index (χ1v) is 5.25. The summed E-state index contributed by atoms with van der Waals surface area (Å²) in [5, 5.41) is 13.4. The Morgan fingerprint density at radius 3 is 2.64 bits per heavy atom. The van der Waals surface area contributed by atoms with Gasteiger partial charge in [-0.15, -0.1) is 0 Å². The molecule has 0 spiro atoms. The van der Waals surface area contributed by atoms with Crippen molar-refractivity contribution in [3.63, 3.8) is 0 Å². The molecular weight excluding hydrogens is 174 g/mol. The van der Waals surface area contributed by atoms with Gasteiger partial charge in [-0.25, -0.2) is 0 Å². The van der Waals surface area contributed by atoms with E-state index >= 15 is 0 Å². The Kier molecular flexibility index (Phi) is 2.46. The van der Waals surface area contributed by atoms with Crippen LogP contribution < -0.4 is 5.32 Å². The minimum absolute atomic E-state index is 0.369. The molecular formula is C12H17NO. The van der Waals surface area contributed by atoms with Crippen molar-refractivity contribution in [3.05, 3.63) is 29.3 Å². The molecule has 0 unspecified atom stereocenters. The zero-order valence-corrected chi connectivity index (χ0v) is 8.75. The van der Waals surface area contributed by atoms with Crippen molar-refractivity contribution in [1.82, 2.24) is 5.32 Å². The maximum absolute atomic E-state index is 10.1. The van der Waals surface area contributed by atoms with Crippen LogP contribution in [0.2, 0.25) is 0 Å². The first-order valence-electron chi connectivity index (χ1n) is 5.25. The van der Waals surface area contributed by atoms with Crippen molar-refractivity contribution >= 4 is 0 Å². The Hall–Kier alpha value is -1.02. The van der Waals surface area contributed by atoms with E-state index in [0.717, 1.165) is 24.1 Å². The van der Waals surface area contributed by atoms with Crippen molar-refractivity contribution in [3.8, 4) is 5.75 Å². The van der Waals surface area contributed by atoms with Gasteiger partial charge in [0.15, 0.2) is 0 Å². The fourth-order valence-corrected chi connectivity index (χ4v) is 1.88. The highest BCUT2D eigenvalue weighted by molar-refractivity contribution is 5.44. The van der Waals surface area contributed by atoms with Crippen molar-refractivity contribution in [2.75, 3.05) is 6.54 Å². The van der Waals surface area contributed by atoms with Gasteiger partial charge in [0.05, 0.1) is 0 Å². The number of aromatic hydroxyl groups is 1. The van der Waals surface area contributed by atoms with E-state index in [1.54, 1.807) is 0 Å². The number of phenols is 1. The van der Waals surface area contributed by atoms with Crippen molar-refractivity contribution in [2.24, 2.45) is 0 Å². The lowest BCUT2D eigenvalue weighted by Gasteiger charge is -2.29. The Bertz CT molecular complexity index is 329. The molecule has 0 bridgehead atoms. The van der Waals surface area contributed by atoms with Crippen LogP contribution in [0.4, 0.5) is 0 Å². The van der Waals surface area contributed by atoms with Gasteiger partial charge in [0.25, 0.3) is 0 Å². The molecule has 76 valence electrons. The lowest BCUT2D eigenvalue weighted by Crippen LogP contribution is -2.35.